The summed E-state index contributed by atoms with van der Waals surface area (Å²) in [6.07, 6.45) is 6.21. The molecule has 1 amide bonds. The lowest BCUT2D eigenvalue weighted by atomic mass is 9.47. The van der Waals surface area contributed by atoms with E-state index in [2.05, 4.69) is 5.32 Å². The van der Waals surface area contributed by atoms with Crippen LogP contribution in [0, 0.1) is 29.0 Å². The van der Waals surface area contributed by atoms with Gasteiger partial charge in [-0.05, 0) is 68.4 Å². The highest BCUT2D eigenvalue weighted by atomic mass is 19.1. The largest absolute Gasteiger partial charge is 0.480 e. The molecule has 4 bridgehead atoms. The number of amides is 1. The standard InChI is InChI=1S/C19H22FNO3/c20-15-4-2-1-3-14(15)17(22)21-16(18(23)24)19-8-11-5-12(9-19)7-13(6-11)10-19/h1-4,11-13,16H,5-10H2,(H,21,22)(H,23,24)/t11?,12?,13?,16-,19?/m1/s1. The molecule has 24 heavy (non-hydrogen) atoms. The number of halogens is 1. The number of carbonyl (C=O) groups excluding carboxylic acids is 1. The van der Waals surface area contributed by atoms with Crippen LogP contribution in [0.15, 0.2) is 24.3 Å². The number of carboxylic acid groups (broad SMARTS) is 1. The second-order valence-electron chi connectivity index (χ2n) is 8.00. The molecule has 4 fully saturated rings. The number of aliphatic carboxylic acids is 1. The van der Waals surface area contributed by atoms with Crippen LogP contribution in [0.5, 0.6) is 0 Å². The van der Waals surface area contributed by atoms with Crippen molar-refractivity contribution in [1.82, 2.24) is 5.32 Å². The first kappa shape index (κ1) is 15.6. The third-order valence-corrected chi connectivity index (χ3v) is 6.34. The quantitative estimate of drug-likeness (QED) is 0.890. The lowest BCUT2D eigenvalue weighted by Crippen LogP contribution is -2.59. The van der Waals surface area contributed by atoms with E-state index in [9.17, 15) is 19.1 Å². The summed E-state index contributed by atoms with van der Waals surface area (Å²) in [5.74, 6) is -0.488. The zero-order chi connectivity index (χ0) is 16.9. The van der Waals surface area contributed by atoms with Crippen LogP contribution in [0.2, 0.25) is 0 Å². The van der Waals surface area contributed by atoms with E-state index in [1.807, 2.05) is 0 Å². The van der Waals surface area contributed by atoms with Gasteiger partial charge in [-0.1, -0.05) is 12.1 Å². The van der Waals surface area contributed by atoms with Gasteiger partial charge in [-0.2, -0.15) is 0 Å². The Morgan fingerprint density at radius 3 is 2.12 bits per heavy atom. The monoisotopic (exact) mass is 331 g/mol. The molecule has 4 saturated carbocycles. The van der Waals surface area contributed by atoms with Gasteiger partial charge in [0, 0.05) is 5.41 Å². The first-order valence-electron chi connectivity index (χ1n) is 8.75. The van der Waals surface area contributed by atoms with Crippen LogP contribution >= 0.6 is 0 Å². The molecule has 2 N–H and O–H groups in total. The zero-order valence-corrected chi connectivity index (χ0v) is 13.5. The molecule has 4 aliphatic rings. The van der Waals surface area contributed by atoms with Crippen molar-refractivity contribution in [2.75, 3.05) is 0 Å². The lowest BCUT2D eigenvalue weighted by Gasteiger charge is -2.58. The molecule has 0 aliphatic heterocycles. The van der Waals surface area contributed by atoms with Gasteiger partial charge in [0.15, 0.2) is 0 Å². The highest BCUT2D eigenvalue weighted by molar-refractivity contribution is 5.97. The molecule has 0 unspecified atom stereocenters. The fourth-order valence-corrected chi connectivity index (χ4v) is 5.86. The van der Waals surface area contributed by atoms with Crippen molar-refractivity contribution < 1.29 is 19.1 Å². The molecule has 5 rings (SSSR count). The van der Waals surface area contributed by atoms with Gasteiger partial charge in [-0.3, -0.25) is 4.79 Å². The SMILES string of the molecule is O=C(N[C@H](C(=O)O)C12CC3CC(CC(C3)C1)C2)c1ccccc1F. The Morgan fingerprint density at radius 2 is 1.62 bits per heavy atom. The van der Waals surface area contributed by atoms with Crippen LogP contribution in [-0.4, -0.2) is 23.0 Å². The maximum Gasteiger partial charge on any atom is 0.326 e. The van der Waals surface area contributed by atoms with Gasteiger partial charge < -0.3 is 10.4 Å². The minimum Gasteiger partial charge on any atom is -0.480 e. The van der Waals surface area contributed by atoms with E-state index in [4.69, 9.17) is 0 Å². The molecule has 0 saturated heterocycles. The highest BCUT2D eigenvalue weighted by Crippen LogP contribution is 2.61. The van der Waals surface area contributed by atoms with E-state index < -0.39 is 23.7 Å². The summed E-state index contributed by atoms with van der Waals surface area (Å²) < 4.78 is 13.8. The van der Waals surface area contributed by atoms with Crippen LogP contribution < -0.4 is 5.32 Å². The van der Waals surface area contributed by atoms with Crippen molar-refractivity contribution in [3.05, 3.63) is 35.6 Å². The predicted octanol–water partition coefficient (Wildman–Crippen LogP) is 3.23. The molecule has 0 aromatic heterocycles. The Balaban J connectivity index is 1.60. The van der Waals surface area contributed by atoms with Crippen molar-refractivity contribution in [3.8, 4) is 0 Å². The maximum absolute atomic E-state index is 13.8. The third-order valence-electron chi connectivity index (χ3n) is 6.34. The predicted molar refractivity (Wildman–Crippen MR) is 85.9 cm³/mol. The third kappa shape index (κ3) is 2.50. The number of carboxylic acids is 1. The van der Waals surface area contributed by atoms with Crippen LogP contribution in [0.4, 0.5) is 4.39 Å². The zero-order valence-electron chi connectivity index (χ0n) is 13.5. The molecule has 4 aliphatic carbocycles. The molecule has 0 spiro atoms. The fourth-order valence-electron chi connectivity index (χ4n) is 5.86. The Kier molecular flexibility index (Phi) is 3.62. The van der Waals surface area contributed by atoms with Gasteiger partial charge in [0.1, 0.15) is 11.9 Å². The summed E-state index contributed by atoms with van der Waals surface area (Å²) >= 11 is 0. The van der Waals surface area contributed by atoms with Gasteiger partial charge in [0.25, 0.3) is 5.91 Å². The number of carbonyl (C=O) groups is 2. The smallest absolute Gasteiger partial charge is 0.326 e. The van der Waals surface area contributed by atoms with E-state index in [1.165, 1.54) is 37.5 Å². The van der Waals surface area contributed by atoms with E-state index in [0.29, 0.717) is 17.8 Å². The first-order valence-corrected chi connectivity index (χ1v) is 8.75. The van der Waals surface area contributed by atoms with Crippen molar-refractivity contribution in [2.45, 2.75) is 44.6 Å². The number of hydrogen-bond donors (Lipinski definition) is 2. The molecule has 5 heteroatoms. The van der Waals surface area contributed by atoms with Gasteiger partial charge in [0.05, 0.1) is 5.56 Å². The van der Waals surface area contributed by atoms with Crippen molar-refractivity contribution in [3.63, 3.8) is 0 Å². The van der Waals surface area contributed by atoms with E-state index in [-0.39, 0.29) is 11.0 Å². The molecule has 4 nitrogen and oxygen atoms in total. The molecular weight excluding hydrogens is 309 g/mol. The number of nitrogens with one attached hydrogen (secondary N) is 1. The molecule has 128 valence electrons. The average molecular weight is 331 g/mol. The van der Waals surface area contributed by atoms with Crippen molar-refractivity contribution >= 4 is 11.9 Å². The Bertz CT molecular complexity index is 652. The maximum atomic E-state index is 13.8. The molecule has 0 heterocycles. The van der Waals surface area contributed by atoms with Gasteiger partial charge in [0.2, 0.25) is 0 Å². The van der Waals surface area contributed by atoms with Crippen LogP contribution in [0.1, 0.15) is 48.9 Å². The van der Waals surface area contributed by atoms with Crippen LogP contribution in [-0.2, 0) is 4.79 Å². The van der Waals surface area contributed by atoms with Gasteiger partial charge in [-0.25, -0.2) is 9.18 Å². The Hall–Kier alpha value is -1.91. The molecular formula is C19H22FNO3. The number of benzene rings is 1. The van der Waals surface area contributed by atoms with E-state index >= 15 is 0 Å². The average Bonchev–Trinajstić information content (AvgIpc) is 2.51. The molecule has 1 aromatic rings. The summed E-state index contributed by atoms with van der Waals surface area (Å²) in [6.45, 7) is 0. The summed E-state index contributed by atoms with van der Waals surface area (Å²) in [4.78, 5) is 24.4. The van der Waals surface area contributed by atoms with Crippen LogP contribution in [0.3, 0.4) is 0 Å². The van der Waals surface area contributed by atoms with E-state index in [0.717, 1.165) is 19.3 Å². The van der Waals surface area contributed by atoms with Gasteiger partial charge in [-0.15, -0.1) is 0 Å². The second-order valence-corrected chi connectivity index (χ2v) is 8.00. The van der Waals surface area contributed by atoms with E-state index in [1.54, 1.807) is 6.07 Å². The molecule has 1 atom stereocenters. The minimum atomic E-state index is -0.998. The highest BCUT2D eigenvalue weighted by Gasteiger charge is 2.56. The second kappa shape index (κ2) is 5.57. The van der Waals surface area contributed by atoms with Crippen LogP contribution in [0.25, 0.3) is 0 Å². The number of hydrogen-bond acceptors (Lipinski definition) is 2. The minimum absolute atomic E-state index is 0.0894. The summed E-state index contributed by atoms with van der Waals surface area (Å²) in [6, 6.07) is 4.77. The Labute approximate surface area is 140 Å². The van der Waals surface area contributed by atoms with Crippen molar-refractivity contribution in [2.24, 2.45) is 23.2 Å². The summed E-state index contributed by atoms with van der Waals surface area (Å²) in [5.41, 5.74) is -0.449. The van der Waals surface area contributed by atoms with Gasteiger partial charge >= 0.3 is 5.97 Å². The summed E-state index contributed by atoms with van der Waals surface area (Å²) in [7, 11) is 0. The number of rotatable bonds is 4. The molecule has 0 radical (unpaired) electrons. The first-order chi connectivity index (χ1) is 11.5. The fraction of sp³-hybridized carbons (Fsp3) is 0.579. The normalized spacial score (nSPS) is 34.8. The topological polar surface area (TPSA) is 66.4 Å². The molecule has 1 aromatic carbocycles. The summed E-state index contributed by atoms with van der Waals surface area (Å²) in [5, 5.41) is 12.4. The lowest BCUT2D eigenvalue weighted by molar-refractivity contribution is -0.150. The Morgan fingerprint density at radius 1 is 1.08 bits per heavy atom. The van der Waals surface area contributed by atoms with Crippen molar-refractivity contribution in [1.29, 1.82) is 0 Å².